The van der Waals surface area contributed by atoms with E-state index in [2.05, 4.69) is 22.9 Å². The van der Waals surface area contributed by atoms with Gasteiger partial charge in [0.05, 0.1) is 6.42 Å². The zero-order chi connectivity index (χ0) is 10.6. The van der Waals surface area contributed by atoms with Crippen LogP contribution >= 0.6 is 0 Å². The summed E-state index contributed by atoms with van der Waals surface area (Å²) in [6.07, 6.45) is 0.192. The van der Waals surface area contributed by atoms with Gasteiger partial charge in [-0.1, -0.05) is 6.92 Å². The zero-order valence-electron chi connectivity index (χ0n) is 8.81. The predicted molar refractivity (Wildman–Crippen MR) is 56.5 cm³/mol. The Balaban J connectivity index is 2.88. The summed E-state index contributed by atoms with van der Waals surface area (Å²) in [5.74, 6) is -0.752. The molecule has 0 aromatic heterocycles. The summed E-state index contributed by atoms with van der Waals surface area (Å²) in [7, 11) is 0. The molecule has 0 spiro atoms. The lowest BCUT2D eigenvalue weighted by Crippen LogP contribution is -2.33. The van der Waals surface area contributed by atoms with Crippen molar-refractivity contribution >= 4 is 5.97 Å². The van der Waals surface area contributed by atoms with Crippen LogP contribution in [0.15, 0.2) is 0 Å². The minimum Gasteiger partial charge on any atom is -0.481 e. The third-order valence-corrected chi connectivity index (χ3v) is 1.72. The van der Waals surface area contributed by atoms with E-state index >= 15 is 0 Å². The van der Waals surface area contributed by atoms with Gasteiger partial charge < -0.3 is 21.1 Å². The van der Waals surface area contributed by atoms with Gasteiger partial charge >= 0.3 is 5.97 Å². The van der Waals surface area contributed by atoms with Crippen molar-refractivity contribution in [2.75, 3.05) is 39.3 Å². The quantitative estimate of drug-likeness (QED) is 0.352. The van der Waals surface area contributed by atoms with Crippen LogP contribution < -0.4 is 16.0 Å². The number of rotatable bonds is 10. The second-order valence-electron chi connectivity index (χ2n) is 3.00. The van der Waals surface area contributed by atoms with Crippen LogP contribution in [0, 0.1) is 0 Å². The topological polar surface area (TPSA) is 73.4 Å². The minimum absolute atomic E-state index is 0.192. The van der Waals surface area contributed by atoms with Crippen molar-refractivity contribution in [2.24, 2.45) is 0 Å². The third-order valence-electron chi connectivity index (χ3n) is 1.72. The number of hydrogen-bond acceptors (Lipinski definition) is 4. The van der Waals surface area contributed by atoms with Gasteiger partial charge in [0.1, 0.15) is 0 Å². The Morgan fingerprint density at radius 1 is 1.00 bits per heavy atom. The van der Waals surface area contributed by atoms with E-state index in [0.29, 0.717) is 6.54 Å². The molecule has 0 unspecified atom stereocenters. The highest BCUT2D eigenvalue weighted by Crippen LogP contribution is 1.73. The van der Waals surface area contributed by atoms with Crippen LogP contribution in [0.25, 0.3) is 0 Å². The average molecular weight is 203 g/mol. The molecule has 0 aliphatic rings. The molecule has 0 amide bonds. The van der Waals surface area contributed by atoms with Gasteiger partial charge in [-0.15, -0.1) is 0 Å². The molecule has 0 saturated heterocycles. The minimum atomic E-state index is -0.752. The second-order valence-corrected chi connectivity index (χ2v) is 3.00. The summed E-state index contributed by atoms with van der Waals surface area (Å²) in [4.78, 5) is 10.1. The average Bonchev–Trinajstić information content (AvgIpc) is 2.15. The molecule has 0 bridgehead atoms. The van der Waals surface area contributed by atoms with Gasteiger partial charge in [0.2, 0.25) is 0 Å². The van der Waals surface area contributed by atoms with Gasteiger partial charge in [-0.3, -0.25) is 4.79 Å². The fraction of sp³-hybridized carbons (Fsp3) is 0.889. The molecule has 4 N–H and O–H groups in total. The lowest BCUT2D eigenvalue weighted by molar-refractivity contribution is -0.136. The molecule has 84 valence electrons. The lowest BCUT2D eigenvalue weighted by Gasteiger charge is -2.05. The Kier molecular flexibility index (Phi) is 9.95. The lowest BCUT2D eigenvalue weighted by atomic mass is 10.4. The Hall–Kier alpha value is -0.650. The molecule has 5 nitrogen and oxygen atoms in total. The van der Waals surface area contributed by atoms with Gasteiger partial charge in [0.25, 0.3) is 0 Å². The molecule has 0 fully saturated rings. The molecular weight excluding hydrogens is 182 g/mol. The normalized spacial score (nSPS) is 10.4. The Morgan fingerprint density at radius 3 is 2.00 bits per heavy atom. The van der Waals surface area contributed by atoms with Crippen molar-refractivity contribution in [1.29, 1.82) is 0 Å². The molecule has 0 aromatic carbocycles. The smallest absolute Gasteiger partial charge is 0.304 e. The summed E-state index contributed by atoms with van der Waals surface area (Å²) in [6, 6.07) is 0. The monoisotopic (exact) mass is 203 g/mol. The summed E-state index contributed by atoms with van der Waals surface area (Å²) >= 11 is 0. The SMILES string of the molecule is CCNCCNCCNCCC(=O)O. The third kappa shape index (κ3) is 11.4. The Bertz CT molecular complexity index is 142. The van der Waals surface area contributed by atoms with Crippen molar-refractivity contribution in [2.45, 2.75) is 13.3 Å². The number of carbonyl (C=O) groups is 1. The van der Waals surface area contributed by atoms with E-state index in [0.717, 1.165) is 32.7 Å². The number of aliphatic carboxylic acids is 1. The molecule has 0 aromatic rings. The van der Waals surface area contributed by atoms with Crippen LogP contribution in [0.3, 0.4) is 0 Å². The van der Waals surface area contributed by atoms with Crippen LogP contribution in [0.2, 0.25) is 0 Å². The van der Waals surface area contributed by atoms with E-state index in [1.54, 1.807) is 0 Å². The molecule has 0 rings (SSSR count). The van der Waals surface area contributed by atoms with Gasteiger partial charge in [0.15, 0.2) is 0 Å². The Labute approximate surface area is 85.3 Å². The van der Waals surface area contributed by atoms with E-state index in [1.807, 2.05) is 0 Å². The van der Waals surface area contributed by atoms with Crippen LogP contribution in [0.1, 0.15) is 13.3 Å². The fourth-order valence-electron chi connectivity index (χ4n) is 0.976. The van der Waals surface area contributed by atoms with E-state index in [-0.39, 0.29) is 6.42 Å². The molecule has 0 atom stereocenters. The number of carboxylic acid groups (broad SMARTS) is 1. The molecule has 0 aliphatic heterocycles. The van der Waals surface area contributed by atoms with Gasteiger partial charge in [-0.2, -0.15) is 0 Å². The van der Waals surface area contributed by atoms with Crippen molar-refractivity contribution in [3.63, 3.8) is 0 Å². The maximum atomic E-state index is 10.1. The zero-order valence-corrected chi connectivity index (χ0v) is 8.81. The van der Waals surface area contributed by atoms with Crippen LogP contribution in [-0.2, 0) is 4.79 Å². The molecule has 0 saturated carbocycles. The number of likely N-dealkylation sites (N-methyl/N-ethyl adjacent to an activating group) is 1. The first-order chi connectivity index (χ1) is 6.77. The molecule has 0 heterocycles. The molecule has 14 heavy (non-hydrogen) atoms. The van der Waals surface area contributed by atoms with Crippen molar-refractivity contribution in [1.82, 2.24) is 16.0 Å². The molecular formula is C9H21N3O2. The van der Waals surface area contributed by atoms with E-state index in [1.165, 1.54) is 0 Å². The van der Waals surface area contributed by atoms with Crippen molar-refractivity contribution < 1.29 is 9.90 Å². The number of hydrogen-bond donors (Lipinski definition) is 4. The maximum absolute atomic E-state index is 10.1. The number of nitrogens with one attached hydrogen (secondary N) is 3. The van der Waals surface area contributed by atoms with Crippen LogP contribution in [0.5, 0.6) is 0 Å². The van der Waals surface area contributed by atoms with Crippen LogP contribution in [-0.4, -0.2) is 50.3 Å². The first-order valence-electron chi connectivity index (χ1n) is 5.11. The van der Waals surface area contributed by atoms with Crippen molar-refractivity contribution in [3.8, 4) is 0 Å². The second kappa shape index (κ2) is 10.4. The van der Waals surface area contributed by atoms with Crippen molar-refractivity contribution in [3.05, 3.63) is 0 Å². The van der Waals surface area contributed by atoms with Gasteiger partial charge in [-0.25, -0.2) is 0 Å². The van der Waals surface area contributed by atoms with Gasteiger partial charge in [0, 0.05) is 32.7 Å². The maximum Gasteiger partial charge on any atom is 0.304 e. The van der Waals surface area contributed by atoms with Gasteiger partial charge in [-0.05, 0) is 6.54 Å². The summed E-state index contributed by atoms with van der Waals surface area (Å²) in [5, 5.41) is 17.8. The van der Waals surface area contributed by atoms with E-state index in [4.69, 9.17) is 5.11 Å². The molecule has 0 aliphatic carbocycles. The summed E-state index contributed by atoms with van der Waals surface area (Å²) < 4.78 is 0. The predicted octanol–water partition coefficient (Wildman–Crippen LogP) is -0.750. The highest BCUT2D eigenvalue weighted by atomic mass is 16.4. The summed E-state index contributed by atoms with van der Waals surface area (Å²) in [6.45, 7) is 7.25. The van der Waals surface area contributed by atoms with Crippen LogP contribution in [0.4, 0.5) is 0 Å². The highest BCUT2D eigenvalue weighted by molar-refractivity contribution is 5.66. The standard InChI is InChI=1S/C9H21N3O2/c1-2-10-5-6-12-8-7-11-4-3-9(13)14/h10-12H,2-8H2,1H3,(H,13,14). The fourth-order valence-corrected chi connectivity index (χ4v) is 0.976. The first kappa shape index (κ1) is 13.4. The highest BCUT2D eigenvalue weighted by Gasteiger charge is 1.94. The molecule has 0 radical (unpaired) electrons. The molecule has 5 heteroatoms. The Morgan fingerprint density at radius 2 is 1.50 bits per heavy atom. The summed E-state index contributed by atoms with van der Waals surface area (Å²) in [5.41, 5.74) is 0. The first-order valence-corrected chi connectivity index (χ1v) is 5.11. The number of carboxylic acids is 1. The largest absolute Gasteiger partial charge is 0.481 e. The van der Waals surface area contributed by atoms with E-state index < -0.39 is 5.97 Å². The van der Waals surface area contributed by atoms with E-state index in [9.17, 15) is 4.79 Å².